The third-order valence-electron chi connectivity index (χ3n) is 3.98. The van der Waals surface area contributed by atoms with Gasteiger partial charge < -0.3 is 24.8 Å². The number of anilines is 1. The molecule has 0 aliphatic carbocycles. The summed E-state index contributed by atoms with van der Waals surface area (Å²) in [7, 11) is 0. The minimum atomic E-state index is -0.626. The quantitative estimate of drug-likeness (QED) is 0.753. The molecule has 8 heteroatoms. The van der Waals surface area contributed by atoms with E-state index in [2.05, 4.69) is 10.2 Å². The number of hydrogen-bond acceptors (Lipinski definition) is 6. The van der Waals surface area contributed by atoms with Crippen molar-refractivity contribution in [2.45, 2.75) is 20.0 Å². The normalized spacial score (nSPS) is 16.0. The number of carbonyl (C=O) groups excluding carboxylic acids is 2. The first-order valence-corrected chi connectivity index (χ1v) is 8.80. The van der Waals surface area contributed by atoms with Crippen LogP contribution in [0.4, 0.5) is 10.5 Å². The Morgan fingerprint density at radius 1 is 1.19 bits per heavy atom. The van der Waals surface area contributed by atoms with E-state index >= 15 is 0 Å². The first-order valence-electron chi connectivity index (χ1n) is 8.80. The van der Waals surface area contributed by atoms with Crippen LogP contribution in [0.15, 0.2) is 24.3 Å². The fraction of sp³-hybridized carbons (Fsp3) is 0.556. The summed E-state index contributed by atoms with van der Waals surface area (Å²) >= 11 is 0. The smallest absolute Gasteiger partial charge is 0.409 e. The van der Waals surface area contributed by atoms with Crippen molar-refractivity contribution in [1.82, 2.24) is 9.80 Å². The molecule has 1 atom stereocenters. The Morgan fingerprint density at radius 3 is 2.42 bits per heavy atom. The predicted octanol–water partition coefficient (Wildman–Crippen LogP) is 1.16. The molecule has 0 radical (unpaired) electrons. The van der Waals surface area contributed by atoms with Gasteiger partial charge in [-0.15, -0.1) is 0 Å². The molecule has 1 aromatic carbocycles. The van der Waals surface area contributed by atoms with Crippen LogP contribution < -0.4 is 10.1 Å². The number of carbonyl (C=O) groups is 2. The summed E-state index contributed by atoms with van der Waals surface area (Å²) in [5.74, 6) is 0.502. The fourth-order valence-corrected chi connectivity index (χ4v) is 2.71. The van der Waals surface area contributed by atoms with E-state index in [4.69, 9.17) is 9.47 Å². The minimum absolute atomic E-state index is 0.128. The van der Waals surface area contributed by atoms with Gasteiger partial charge in [0.05, 0.1) is 6.61 Å². The standard InChI is InChI=1S/C18H27N3O5/c1-3-25-18(24)21-10-8-20(9-11-21)12-16(23)13-26-17-6-4-15(5-7-17)19-14(2)22/h4-7,16,23H,3,8-13H2,1-2H3,(H,19,22). The van der Waals surface area contributed by atoms with Crippen molar-refractivity contribution in [2.24, 2.45) is 0 Å². The van der Waals surface area contributed by atoms with Crippen LogP contribution in [0.2, 0.25) is 0 Å². The molecule has 8 nitrogen and oxygen atoms in total. The van der Waals surface area contributed by atoms with Crippen molar-refractivity contribution < 1.29 is 24.2 Å². The number of aliphatic hydroxyl groups excluding tert-OH is 1. The van der Waals surface area contributed by atoms with Crippen molar-refractivity contribution in [2.75, 3.05) is 51.3 Å². The van der Waals surface area contributed by atoms with Crippen molar-refractivity contribution in [3.63, 3.8) is 0 Å². The van der Waals surface area contributed by atoms with E-state index in [0.29, 0.717) is 50.8 Å². The molecule has 2 rings (SSSR count). The van der Waals surface area contributed by atoms with Crippen molar-refractivity contribution >= 4 is 17.7 Å². The van der Waals surface area contributed by atoms with Crippen molar-refractivity contribution in [3.8, 4) is 5.75 Å². The van der Waals surface area contributed by atoms with Crippen LogP contribution in [0, 0.1) is 0 Å². The fourth-order valence-electron chi connectivity index (χ4n) is 2.71. The van der Waals surface area contributed by atoms with Crippen LogP contribution >= 0.6 is 0 Å². The van der Waals surface area contributed by atoms with E-state index in [-0.39, 0.29) is 18.6 Å². The summed E-state index contributed by atoms with van der Waals surface area (Å²) in [5, 5.41) is 12.8. The topological polar surface area (TPSA) is 91.3 Å². The molecule has 2 N–H and O–H groups in total. The van der Waals surface area contributed by atoms with Crippen LogP contribution in [0.5, 0.6) is 5.75 Å². The lowest BCUT2D eigenvalue weighted by Crippen LogP contribution is -2.51. The van der Waals surface area contributed by atoms with E-state index in [0.717, 1.165) is 0 Å². The van der Waals surface area contributed by atoms with Gasteiger partial charge >= 0.3 is 6.09 Å². The molecule has 1 fully saturated rings. The number of nitrogens with zero attached hydrogens (tertiary/aromatic N) is 2. The molecule has 0 bridgehead atoms. The molecule has 0 spiro atoms. The van der Waals surface area contributed by atoms with Crippen LogP contribution in [-0.2, 0) is 9.53 Å². The molecule has 0 saturated carbocycles. The second-order valence-corrected chi connectivity index (χ2v) is 6.16. The molecular weight excluding hydrogens is 338 g/mol. The highest BCUT2D eigenvalue weighted by Crippen LogP contribution is 2.16. The Morgan fingerprint density at radius 2 is 1.85 bits per heavy atom. The maximum absolute atomic E-state index is 11.7. The summed E-state index contributed by atoms with van der Waals surface area (Å²) in [4.78, 5) is 26.4. The number of amides is 2. The van der Waals surface area contributed by atoms with Crippen molar-refractivity contribution in [1.29, 1.82) is 0 Å². The van der Waals surface area contributed by atoms with E-state index in [9.17, 15) is 14.7 Å². The van der Waals surface area contributed by atoms with Crippen LogP contribution in [0.3, 0.4) is 0 Å². The van der Waals surface area contributed by atoms with Gasteiger partial charge in [0.1, 0.15) is 18.5 Å². The number of β-amino-alcohol motifs (C(OH)–C–C–N with tert-alkyl or cyclic N) is 1. The van der Waals surface area contributed by atoms with Gasteiger partial charge in [0.25, 0.3) is 0 Å². The Kier molecular flexibility index (Phi) is 7.68. The Balaban J connectivity index is 1.68. The first-order chi connectivity index (χ1) is 12.5. The zero-order valence-electron chi connectivity index (χ0n) is 15.3. The molecule has 1 heterocycles. The lowest BCUT2D eigenvalue weighted by Gasteiger charge is -2.34. The molecule has 0 aromatic heterocycles. The first kappa shape index (κ1) is 20.0. The van der Waals surface area contributed by atoms with Gasteiger partial charge in [-0.1, -0.05) is 0 Å². The van der Waals surface area contributed by atoms with E-state index in [1.807, 2.05) is 0 Å². The zero-order valence-corrected chi connectivity index (χ0v) is 15.3. The third-order valence-corrected chi connectivity index (χ3v) is 3.98. The maximum atomic E-state index is 11.7. The summed E-state index contributed by atoms with van der Waals surface area (Å²) in [6.45, 7) is 6.86. The lowest BCUT2D eigenvalue weighted by atomic mass is 10.2. The highest BCUT2D eigenvalue weighted by Gasteiger charge is 2.23. The monoisotopic (exact) mass is 365 g/mol. The van der Waals surface area contributed by atoms with E-state index in [1.165, 1.54) is 6.92 Å². The Bertz CT molecular complexity index is 585. The van der Waals surface area contributed by atoms with E-state index < -0.39 is 6.10 Å². The molecule has 1 saturated heterocycles. The van der Waals surface area contributed by atoms with Gasteiger partial charge in [-0.2, -0.15) is 0 Å². The van der Waals surface area contributed by atoms with Crippen LogP contribution in [-0.4, -0.2) is 78.9 Å². The number of hydrogen-bond donors (Lipinski definition) is 2. The molecule has 1 aromatic rings. The maximum Gasteiger partial charge on any atom is 0.409 e. The highest BCUT2D eigenvalue weighted by atomic mass is 16.6. The van der Waals surface area contributed by atoms with Gasteiger partial charge in [-0.25, -0.2) is 4.79 Å². The van der Waals surface area contributed by atoms with Gasteiger partial charge in [0.2, 0.25) is 5.91 Å². The number of rotatable bonds is 7. The summed E-state index contributed by atoms with van der Waals surface area (Å²) in [5.41, 5.74) is 0.699. The Labute approximate surface area is 153 Å². The van der Waals surface area contributed by atoms with Crippen molar-refractivity contribution in [3.05, 3.63) is 24.3 Å². The number of benzene rings is 1. The SMILES string of the molecule is CCOC(=O)N1CCN(CC(O)COc2ccc(NC(C)=O)cc2)CC1. The van der Waals surface area contributed by atoms with Crippen LogP contribution in [0.25, 0.3) is 0 Å². The number of ether oxygens (including phenoxy) is 2. The predicted molar refractivity (Wildman–Crippen MR) is 97.3 cm³/mol. The average molecular weight is 365 g/mol. The van der Waals surface area contributed by atoms with Crippen LogP contribution in [0.1, 0.15) is 13.8 Å². The van der Waals surface area contributed by atoms with Gasteiger partial charge in [-0.05, 0) is 31.2 Å². The van der Waals surface area contributed by atoms with E-state index in [1.54, 1.807) is 36.1 Å². The highest BCUT2D eigenvalue weighted by molar-refractivity contribution is 5.88. The summed E-state index contributed by atoms with van der Waals surface area (Å²) in [6.07, 6.45) is -0.905. The summed E-state index contributed by atoms with van der Waals surface area (Å²) in [6, 6.07) is 6.99. The number of aliphatic hydroxyl groups is 1. The zero-order chi connectivity index (χ0) is 18.9. The molecular formula is C18H27N3O5. The van der Waals surface area contributed by atoms with Gasteiger partial charge in [0.15, 0.2) is 0 Å². The second kappa shape index (κ2) is 9.98. The largest absolute Gasteiger partial charge is 0.491 e. The molecule has 2 amide bonds. The van der Waals surface area contributed by atoms with Gasteiger partial charge in [-0.3, -0.25) is 9.69 Å². The molecule has 144 valence electrons. The van der Waals surface area contributed by atoms with Gasteiger partial charge in [0, 0.05) is 45.3 Å². The Hall–Kier alpha value is -2.32. The average Bonchev–Trinajstić information content (AvgIpc) is 2.61. The second-order valence-electron chi connectivity index (χ2n) is 6.16. The number of piperazine rings is 1. The lowest BCUT2D eigenvalue weighted by molar-refractivity contribution is -0.114. The number of nitrogens with one attached hydrogen (secondary N) is 1. The molecule has 1 unspecified atom stereocenters. The molecule has 26 heavy (non-hydrogen) atoms. The molecule has 1 aliphatic rings. The third kappa shape index (κ3) is 6.53. The summed E-state index contributed by atoms with van der Waals surface area (Å²) < 4.78 is 10.6. The minimum Gasteiger partial charge on any atom is -0.491 e. The molecule has 1 aliphatic heterocycles.